The van der Waals surface area contributed by atoms with Crippen LogP contribution in [0.25, 0.3) is 28.2 Å². The standard InChI is InChI=1S/C40H65BrN8O4Si2/c1-13-20-48(39(50)53-40(3,4)5)31(14-2)16-18-35-36(41)38(47(28-51-22-24-54(7,8)9)29-52-23-25-55(10,11)12)49-37(44-35)32(27-43-49)30-15-17-33(42-26-30)34-19-21-46(6)45-34/h15,17,19,21,26-27,31H,13-14,16,18,20,22-25,28-29H2,1-12H3/t31-/m1/s1. The molecule has 4 heterocycles. The Morgan fingerprint density at radius 3 is 2.11 bits per heavy atom. The van der Waals surface area contributed by atoms with Crippen molar-refractivity contribution < 1.29 is 19.0 Å². The number of halogens is 1. The summed E-state index contributed by atoms with van der Waals surface area (Å²) in [5.41, 5.74) is 4.37. The maximum atomic E-state index is 13.4. The number of hydrogen-bond donors (Lipinski definition) is 0. The van der Waals surface area contributed by atoms with Gasteiger partial charge in [0.05, 0.1) is 22.1 Å². The Balaban J connectivity index is 1.78. The van der Waals surface area contributed by atoms with Gasteiger partial charge in [-0.2, -0.15) is 14.7 Å². The highest BCUT2D eigenvalue weighted by Crippen LogP contribution is 2.35. The van der Waals surface area contributed by atoms with Crippen LogP contribution in [-0.4, -0.2) is 101 Å². The Morgan fingerprint density at radius 2 is 1.60 bits per heavy atom. The van der Waals surface area contributed by atoms with E-state index in [1.165, 1.54) is 0 Å². The monoisotopic (exact) mass is 856 g/mol. The molecule has 0 spiro atoms. The number of ether oxygens (including phenoxy) is 3. The largest absolute Gasteiger partial charge is 0.444 e. The van der Waals surface area contributed by atoms with Crippen molar-refractivity contribution in [3.63, 3.8) is 0 Å². The fourth-order valence-corrected chi connectivity index (χ4v) is 8.25. The highest BCUT2D eigenvalue weighted by molar-refractivity contribution is 9.10. The molecule has 0 aliphatic rings. The second kappa shape index (κ2) is 19.4. The van der Waals surface area contributed by atoms with Crippen LogP contribution < -0.4 is 4.90 Å². The van der Waals surface area contributed by atoms with Gasteiger partial charge in [-0.1, -0.05) is 59.2 Å². The Morgan fingerprint density at radius 1 is 0.945 bits per heavy atom. The number of pyridine rings is 1. The zero-order chi connectivity index (χ0) is 40.6. The van der Waals surface area contributed by atoms with E-state index in [1.807, 2.05) is 74.0 Å². The minimum atomic E-state index is -1.30. The minimum absolute atomic E-state index is 0.0261. The van der Waals surface area contributed by atoms with Gasteiger partial charge in [-0.3, -0.25) is 9.67 Å². The first-order chi connectivity index (χ1) is 25.8. The van der Waals surface area contributed by atoms with E-state index < -0.39 is 21.7 Å². The summed E-state index contributed by atoms with van der Waals surface area (Å²) in [5.74, 6) is 0.816. The zero-order valence-electron chi connectivity index (χ0n) is 35.4. The van der Waals surface area contributed by atoms with E-state index >= 15 is 0 Å². The number of aromatic nitrogens is 6. The molecule has 1 amide bonds. The van der Waals surface area contributed by atoms with Gasteiger partial charge in [-0.15, -0.1) is 0 Å². The molecule has 0 N–H and O–H groups in total. The molecular weight excluding hydrogens is 793 g/mol. The third-order valence-electron chi connectivity index (χ3n) is 9.19. The lowest BCUT2D eigenvalue weighted by Gasteiger charge is -2.33. The number of amides is 1. The van der Waals surface area contributed by atoms with E-state index in [0.29, 0.717) is 51.7 Å². The quantitative estimate of drug-likeness (QED) is 0.0487. The van der Waals surface area contributed by atoms with E-state index in [2.05, 4.69) is 79.1 Å². The number of anilines is 1. The van der Waals surface area contributed by atoms with Crippen molar-refractivity contribution in [1.82, 2.24) is 34.3 Å². The lowest BCUT2D eigenvalue weighted by atomic mass is 10.0. The van der Waals surface area contributed by atoms with Crippen molar-refractivity contribution in [2.45, 2.75) is 123 Å². The van der Waals surface area contributed by atoms with E-state index in [0.717, 1.165) is 63.4 Å². The molecule has 0 unspecified atom stereocenters. The Hall–Kier alpha value is -3.12. The summed E-state index contributed by atoms with van der Waals surface area (Å²) in [4.78, 5) is 27.5. The third kappa shape index (κ3) is 13.2. The van der Waals surface area contributed by atoms with Crippen LogP contribution in [0.15, 0.2) is 41.3 Å². The molecule has 0 aliphatic carbocycles. The molecule has 304 valence electrons. The van der Waals surface area contributed by atoms with Crippen molar-refractivity contribution in [1.29, 1.82) is 0 Å². The number of nitrogens with zero attached hydrogens (tertiary/aromatic N) is 8. The zero-order valence-corrected chi connectivity index (χ0v) is 39.0. The van der Waals surface area contributed by atoms with Crippen molar-refractivity contribution in [2.75, 3.05) is 38.1 Å². The second-order valence-corrected chi connectivity index (χ2v) is 29.8. The number of hydrogen-bond acceptors (Lipinski definition) is 9. The Bertz CT molecular complexity index is 1810. The smallest absolute Gasteiger partial charge is 0.410 e. The predicted octanol–water partition coefficient (Wildman–Crippen LogP) is 9.74. The van der Waals surface area contributed by atoms with Crippen LogP contribution in [0.3, 0.4) is 0 Å². The molecule has 0 saturated heterocycles. The minimum Gasteiger partial charge on any atom is -0.444 e. The molecule has 12 nitrogen and oxygen atoms in total. The lowest BCUT2D eigenvalue weighted by molar-refractivity contribution is 0.0147. The van der Waals surface area contributed by atoms with Crippen molar-refractivity contribution in [3.05, 3.63) is 47.0 Å². The molecule has 0 aliphatic heterocycles. The summed E-state index contributed by atoms with van der Waals surface area (Å²) in [5, 5.41) is 9.45. The molecule has 0 saturated carbocycles. The van der Waals surface area contributed by atoms with E-state index in [4.69, 9.17) is 29.3 Å². The van der Waals surface area contributed by atoms with Crippen LogP contribution in [0.1, 0.15) is 59.6 Å². The van der Waals surface area contributed by atoms with Gasteiger partial charge in [-0.05, 0) is 86.6 Å². The molecule has 15 heteroatoms. The summed E-state index contributed by atoms with van der Waals surface area (Å²) in [6, 6.07) is 8.08. The second-order valence-electron chi connectivity index (χ2n) is 17.8. The van der Waals surface area contributed by atoms with Crippen molar-refractivity contribution in [3.8, 4) is 22.5 Å². The normalized spacial score (nSPS) is 13.0. The van der Waals surface area contributed by atoms with Gasteiger partial charge in [-0.25, -0.2) is 9.78 Å². The van der Waals surface area contributed by atoms with Gasteiger partial charge >= 0.3 is 6.09 Å². The maximum absolute atomic E-state index is 13.4. The number of aryl methyl sites for hydroxylation is 2. The van der Waals surface area contributed by atoms with Gasteiger partial charge in [0, 0.05) is 72.5 Å². The van der Waals surface area contributed by atoms with Crippen LogP contribution in [-0.2, 0) is 27.7 Å². The molecule has 4 rings (SSSR count). The Labute approximate surface area is 339 Å². The highest BCUT2D eigenvalue weighted by atomic mass is 79.9. The summed E-state index contributed by atoms with van der Waals surface area (Å²) < 4.78 is 23.1. The SMILES string of the molecule is CCCN(C(=O)OC(C)(C)C)[C@H](CC)CCc1nc2c(-c3ccc(-c4ccn(C)n4)nc3)cnn2c(N(COCC[Si](C)(C)C)COCC[Si](C)(C)C)c1Br. The third-order valence-corrected chi connectivity index (χ3v) is 13.4. The molecule has 0 radical (unpaired) electrons. The molecular formula is C40H65BrN8O4Si2. The van der Waals surface area contributed by atoms with Crippen LogP contribution in [0, 0.1) is 0 Å². The first-order valence-electron chi connectivity index (χ1n) is 19.7. The number of fused-ring (bicyclic) bond motifs is 1. The van der Waals surface area contributed by atoms with Crippen molar-refractivity contribution in [2.24, 2.45) is 7.05 Å². The topological polar surface area (TPSA) is 112 Å². The van der Waals surface area contributed by atoms with E-state index in [1.54, 1.807) is 4.68 Å². The molecule has 0 bridgehead atoms. The van der Waals surface area contributed by atoms with Crippen LogP contribution >= 0.6 is 15.9 Å². The first-order valence-corrected chi connectivity index (χ1v) is 27.9. The van der Waals surface area contributed by atoms with E-state index in [-0.39, 0.29) is 12.1 Å². The summed E-state index contributed by atoms with van der Waals surface area (Å²) in [6.45, 7) is 26.8. The Kier molecular flexibility index (Phi) is 15.7. The number of rotatable bonds is 20. The average Bonchev–Trinajstić information content (AvgIpc) is 3.72. The fraction of sp³-hybridized carbons (Fsp3) is 0.625. The molecule has 1 atom stereocenters. The van der Waals surface area contributed by atoms with Crippen LogP contribution in [0.5, 0.6) is 0 Å². The molecule has 0 fully saturated rings. The summed E-state index contributed by atoms with van der Waals surface area (Å²) in [6.07, 6.45) is 8.31. The fourth-order valence-electron chi connectivity index (χ4n) is 6.04. The van der Waals surface area contributed by atoms with Gasteiger partial charge < -0.3 is 24.0 Å². The molecule has 4 aromatic heterocycles. The summed E-state index contributed by atoms with van der Waals surface area (Å²) in [7, 11) is -0.702. The van der Waals surface area contributed by atoms with Gasteiger partial charge in [0.15, 0.2) is 11.5 Å². The number of carbonyl (C=O) groups excluding carboxylic acids is 1. The van der Waals surface area contributed by atoms with Gasteiger partial charge in [0.25, 0.3) is 0 Å². The van der Waals surface area contributed by atoms with Crippen LogP contribution in [0.4, 0.5) is 10.6 Å². The van der Waals surface area contributed by atoms with Crippen molar-refractivity contribution >= 4 is 49.6 Å². The highest BCUT2D eigenvalue weighted by Gasteiger charge is 2.29. The molecule has 4 aromatic rings. The summed E-state index contributed by atoms with van der Waals surface area (Å²) >= 11 is 4.01. The first kappa shape index (κ1) is 44.6. The average molecular weight is 858 g/mol. The number of carbonyl (C=O) groups is 1. The van der Waals surface area contributed by atoms with E-state index in [9.17, 15) is 4.79 Å². The molecule has 0 aromatic carbocycles. The van der Waals surface area contributed by atoms with Crippen LogP contribution in [0.2, 0.25) is 51.4 Å². The van der Waals surface area contributed by atoms with Gasteiger partial charge in [0.1, 0.15) is 24.8 Å². The molecule has 55 heavy (non-hydrogen) atoms. The predicted molar refractivity (Wildman–Crippen MR) is 232 cm³/mol. The lowest BCUT2D eigenvalue weighted by Crippen LogP contribution is -2.44. The maximum Gasteiger partial charge on any atom is 0.410 e. The van der Waals surface area contributed by atoms with Gasteiger partial charge in [0.2, 0.25) is 0 Å².